The summed E-state index contributed by atoms with van der Waals surface area (Å²) in [5.41, 5.74) is 2.96. The van der Waals surface area contributed by atoms with Gasteiger partial charge in [-0.25, -0.2) is 4.39 Å². The number of aryl methyl sites for hydroxylation is 2. The molecule has 2 aromatic rings. The van der Waals surface area contributed by atoms with E-state index in [0.717, 1.165) is 16.8 Å². The van der Waals surface area contributed by atoms with E-state index < -0.39 is 5.82 Å². The molecule has 0 aliphatic carbocycles. The molecule has 0 radical (unpaired) electrons. The van der Waals surface area contributed by atoms with Gasteiger partial charge in [0.05, 0.1) is 5.56 Å². The van der Waals surface area contributed by atoms with Crippen LogP contribution in [0.15, 0.2) is 40.9 Å². The highest BCUT2D eigenvalue weighted by atomic mass is 79.9. The van der Waals surface area contributed by atoms with Crippen LogP contribution in [0.25, 0.3) is 0 Å². The van der Waals surface area contributed by atoms with E-state index in [4.69, 9.17) is 0 Å². The molecule has 2 nitrogen and oxygen atoms in total. The van der Waals surface area contributed by atoms with E-state index in [1.807, 2.05) is 32.0 Å². The van der Waals surface area contributed by atoms with E-state index in [0.29, 0.717) is 4.47 Å². The molecule has 0 aromatic heterocycles. The number of hydrogen-bond donors (Lipinski definition) is 0. The van der Waals surface area contributed by atoms with Gasteiger partial charge in [0.25, 0.3) is 5.91 Å². The standard InChI is InChI=1S/C16H15BrFNO/c1-10-4-7-15(11(2)8-10)19(3)16(20)13-6-5-12(17)9-14(13)18/h4-9H,1-3H3. The zero-order valence-corrected chi connectivity index (χ0v) is 13.2. The summed E-state index contributed by atoms with van der Waals surface area (Å²) < 4.78 is 14.5. The van der Waals surface area contributed by atoms with Crippen LogP contribution in [0.3, 0.4) is 0 Å². The Balaban J connectivity index is 2.37. The number of amides is 1. The molecule has 0 unspecified atom stereocenters. The van der Waals surface area contributed by atoms with Gasteiger partial charge in [0, 0.05) is 17.2 Å². The second kappa shape index (κ2) is 5.75. The minimum absolute atomic E-state index is 0.0654. The maximum Gasteiger partial charge on any atom is 0.260 e. The van der Waals surface area contributed by atoms with Gasteiger partial charge in [-0.2, -0.15) is 0 Å². The average Bonchev–Trinajstić information content (AvgIpc) is 2.37. The van der Waals surface area contributed by atoms with Crippen molar-refractivity contribution < 1.29 is 9.18 Å². The fraction of sp³-hybridized carbons (Fsp3) is 0.188. The van der Waals surface area contributed by atoms with Crippen molar-refractivity contribution in [3.63, 3.8) is 0 Å². The van der Waals surface area contributed by atoms with Gasteiger partial charge in [0.2, 0.25) is 0 Å². The molecule has 2 aromatic carbocycles. The fourth-order valence-corrected chi connectivity index (χ4v) is 2.47. The maximum atomic E-state index is 13.9. The molecule has 0 heterocycles. The molecule has 0 saturated carbocycles. The van der Waals surface area contributed by atoms with Gasteiger partial charge < -0.3 is 4.90 Å². The molecular formula is C16H15BrFNO. The summed E-state index contributed by atoms with van der Waals surface area (Å²) in [4.78, 5) is 13.9. The number of carbonyl (C=O) groups is 1. The third kappa shape index (κ3) is 2.90. The number of anilines is 1. The molecule has 0 N–H and O–H groups in total. The van der Waals surface area contributed by atoms with Crippen LogP contribution in [0.5, 0.6) is 0 Å². The molecule has 0 aliphatic heterocycles. The minimum Gasteiger partial charge on any atom is -0.311 e. The molecular weight excluding hydrogens is 321 g/mol. The summed E-state index contributed by atoms with van der Waals surface area (Å²) in [6.07, 6.45) is 0. The number of benzene rings is 2. The van der Waals surface area contributed by atoms with Crippen molar-refractivity contribution in [1.82, 2.24) is 0 Å². The number of rotatable bonds is 2. The summed E-state index contributed by atoms with van der Waals surface area (Å²) >= 11 is 3.18. The highest BCUT2D eigenvalue weighted by Crippen LogP contribution is 2.23. The number of carbonyl (C=O) groups excluding carboxylic acids is 1. The average molecular weight is 336 g/mol. The first-order valence-corrected chi connectivity index (χ1v) is 7.00. The lowest BCUT2D eigenvalue weighted by Gasteiger charge is -2.20. The predicted octanol–water partition coefficient (Wildman–Crippen LogP) is 4.48. The first-order chi connectivity index (χ1) is 9.40. The molecule has 2 rings (SSSR count). The van der Waals surface area contributed by atoms with Crippen molar-refractivity contribution in [3.05, 3.63) is 63.4 Å². The van der Waals surface area contributed by atoms with Crippen LogP contribution >= 0.6 is 15.9 Å². The Morgan fingerprint density at radius 2 is 1.85 bits per heavy atom. The molecule has 0 fully saturated rings. The van der Waals surface area contributed by atoms with Crippen molar-refractivity contribution in [2.75, 3.05) is 11.9 Å². The topological polar surface area (TPSA) is 20.3 Å². The predicted molar refractivity (Wildman–Crippen MR) is 82.7 cm³/mol. The van der Waals surface area contributed by atoms with Gasteiger partial charge in [-0.05, 0) is 43.7 Å². The second-order valence-electron chi connectivity index (χ2n) is 4.78. The van der Waals surface area contributed by atoms with E-state index in [1.54, 1.807) is 13.1 Å². The Hall–Kier alpha value is -1.68. The fourth-order valence-electron chi connectivity index (χ4n) is 2.13. The summed E-state index contributed by atoms with van der Waals surface area (Å²) in [5, 5.41) is 0. The van der Waals surface area contributed by atoms with Crippen LogP contribution in [-0.2, 0) is 0 Å². The van der Waals surface area contributed by atoms with Crippen molar-refractivity contribution in [1.29, 1.82) is 0 Å². The highest BCUT2D eigenvalue weighted by Gasteiger charge is 2.18. The normalized spacial score (nSPS) is 10.4. The molecule has 4 heteroatoms. The van der Waals surface area contributed by atoms with Crippen LogP contribution < -0.4 is 4.90 Å². The van der Waals surface area contributed by atoms with E-state index in [1.165, 1.54) is 17.0 Å². The van der Waals surface area contributed by atoms with Crippen LogP contribution in [0.1, 0.15) is 21.5 Å². The van der Waals surface area contributed by atoms with Crippen molar-refractivity contribution >= 4 is 27.5 Å². The van der Waals surface area contributed by atoms with Crippen molar-refractivity contribution in [2.45, 2.75) is 13.8 Å². The summed E-state index contributed by atoms with van der Waals surface area (Å²) in [7, 11) is 1.65. The molecule has 20 heavy (non-hydrogen) atoms. The second-order valence-corrected chi connectivity index (χ2v) is 5.69. The lowest BCUT2D eigenvalue weighted by atomic mass is 10.1. The zero-order valence-electron chi connectivity index (χ0n) is 11.6. The first-order valence-electron chi connectivity index (χ1n) is 6.20. The summed E-state index contributed by atoms with van der Waals surface area (Å²) in [6, 6.07) is 10.2. The Morgan fingerprint density at radius 1 is 1.15 bits per heavy atom. The van der Waals surface area contributed by atoms with E-state index in [-0.39, 0.29) is 11.5 Å². The van der Waals surface area contributed by atoms with Gasteiger partial charge >= 0.3 is 0 Å². The van der Waals surface area contributed by atoms with Crippen LogP contribution in [0, 0.1) is 19.7 Å². The largest absolute Gasteiger partial charge is 0.311 e. The molecule has 104 valence electrons. The van der Waals surface area contributed by atoms with Crippen LogP contribution in [-0.4, -0.2) is 13.0 Å². The number of halogens is 2. The van der Waals surface area contributed by atoms with Crippen molar-refractivity contribution in [2.24, 2.45) is 0 Å². The SMILES string of the molecule is Cc1ccc(N(C)C(=O)c2ccc(Br)cc2F)c(C)c1. The van der Waals surface area contributed by atoms with Crippen molar-refractivity contribution in [3.8, 4) is 0 Å². The lowest BCUT2D eigenvalue weighted by molar-refractivity contribution is 0.0989. The monoisotopic (exact) mass is 335 g/mol. The maximum absolute atomic E-state index is 13.9. The van der Waals surface area contributed by atoms with Gasteiger partial charge in [-0.3, -0.25) is 4.79 Å². The molecule has 0 spiro atoms. The van der Waals surface area contributed by atoms with E-state index in [2.05, 4.69) is 15.9 Å². The first kappa shape index (κ1) is 14.7. The Bertz CT molecular complexity index is 670. The Morgan fingerprint density at radius 3 is 2.45 bits per heavy atom. The van der Waals surface area contributed by atoms with Crippen LogP contribution in [0.2, 0.25) is 0 Å². The zero-order chi connectivity index (χ0) is 14.9. The molecule has 0 saturated heterocycles. The highest BCUT2D eigenvalue weighted by molar-refractivity contribution is 9.10. The number of hydrogen-bond acceptors (Lipinski definition) is 1. The molecule has 1 amide bonds. The summed E-state index contributed by atoms with van der Waals surface area (Å²) in [5.74, 6) is -0.886. The third-order valence-electron chi connectivity index (χ3n) is 3.18. The Labute approximate surface area is 126 Å². The van der Waals surface area contributed by atoms with Gasteiger partial charge in [-0.15, -0.1) is 0 Å². The molecule has 0 bridgehead atoms. The van der Waals surface area contributed by atoms with E-state index in [9.17, 15) is 9.18 Å². The molecule has 0 aliphatic rings. The Kier molecular flexibility index (Phi) is 4.23. The van der Waals surface area contributed by atoms with Gasteiger partial charge in [-0.1, -0.05) is 33.6 Å². The van der Waals surface area contributed by atoms with Crippen LogP contribution in [0.4, 0.5) is 10.1 Å². The van der Waals surface area contributed by atoms with Gasteiger partial charge in [0.1, 0.15) is 5.82 Å². The minimum atomic E-state index is -0.527. The lowest BCUT2D eigenvalue weighted by Crippen LogP contribution is -2.27. The molecule has 0 atom stereocenters. The smallest absolute Gasteiger partial charge is 0.260 e. The van der Waals surface area contributed by atoms with E-state index >= 15 is 0 Å². The van der Waals surface area contributed by atoms with Gasteiger partial charge in [0.15, 0.2) is 0 Å². The third-order valence-corrected chi connectivity index (χ3v) is 3.67. The number of nitrogens with zero attached hydrogens (tertiary/aromatic N) is 1. The summed E-state index contributed by atoms with van der Waals surface area (Å²) in [6.45, 7) is 3.93. The quantitative estimate of drug-likeness (QED) is 0.792.